The van der Waals surface area contributed by atoms with Crippen LogP contribution in [0.3, 0.4) is 0 Å². The largest absolute Gasteiger partial charge is 0.507 e. The van der Waals surface area contributed by atoms with Crippen LogP contribution in [0.5, 0.6) is 11.5 Å². The lowest BCUT2D eigenvalue weighted by molar-refractivity contribution is -0.116. The Bertz CT molecular complexity index is 1570. The molecule has 0 saturated heterocycles. The van der Waals surface area contributed by atoms with Crippen molar-refractivity contribution in [2.75, 3.05) is 6.61 Å². The number of amides is 1. The van der Waals surface area contributed by atoms with Gasteiger partial charge in [0.2, 0.25) is 5.78 Å². The summed E-state index contributed by atoms with van der Waals surface area (Å²) >= 11 is 0. The van der Waals surface area contributed by atoms with E-state index in [9.17, 15) is 54.9 Å². The molecule has 12 heteroatoms. The third-order valence-corrected chi connectivity index (χ3v) is 9.51. The number of phenols is 2. The van der Waals surface area contributed by atoms with E-state index in [0.29, 0.717) is 0 Å². The first-order valence-corrected chi connectivity index (χ1v) is 15.5. The van der Waals surface area contributed by atoms with Gasteiger partial charge in [-0.2, -0.15) is 0 Å². The van der Waals surface area contributed by atoms with Crippen LogP contribution in [0.25, 0.3) is 0 Å². The molecule has 47 heavy (non-hydrogen) atoms. The summed E-state index contributed by atoms with van der Waals surface area (Å²) in [5.41, 5.74) is -2.50. The van der Waals surface area contributed by atoms with Crippen LogP contribution >= 0.6 is 0 Å². The van der Waals surface area contributed by atoms with Gasteiger partial charge in [0.15, 0.2) is 11.6 Å². The van der Waals surface area contributed by atoms with E-state index in [2.05, 4.69) is 5.32 Å². The minimum Gasteiger partial charge on any atom is -0.507 e. The number of hydrogen-bond donors (Lipinski definition) is 8. The highest BCUT2D eigenvalue weighted by Gasteiger charge is 2.40. The molecule has 256 valence electrons. The molecule has 1 amide bonds. The number of carbonyl (C=O) groups excluding carboxylic acids is 4. The van der Waals surface area contributed by atoms with E-state index in [4.69, 9.17) is 0 Å². The molecule has 1 aromatic rings. The molecule has 0 radical (unpaired) electrons. The molecule has 2 heterocycles. The first-order valence-electron chi connectivity index (χ1n) is 15.5. The average molecular weight is 656 g/mol. The smallest absolute Gasteiger partial charge is 0.251 e. The molecule has 2 aliphatic heterocycles. The first kappa shape index (κ1) is 37.5. The molecule has 0 saturated carbocycles. The second-order valence-electron chi connectivity index (χ2n) is 12.8. The number of hydrogen-bond acceptors (Lipinski definition) is 11. The predicted octanol–water partition coefficient (Wildman–Crippen LogP) is 2.03. The summed E-state index contributed by atoms with van der Waals surface area (Å²) < 4.78 is 0. The second-order valence-corrected chi connectivity index (χ2v) is 12.8. The van der Waals surface area contributed by atoms with Crippen LogP contribution in [-0.4, -0.2) is 90.0 Å². The number of nitrogens with one attached hydrogen (secondary N) is 1. The van der Waals surface area contributed by atoms with E-state index in [-0.39, 0.29) is 16.7 Å². The Morgan fingerprint density at radius 3 is 1.77 bits per heavy atom. The van der Waals surface area contributed by atoms with Gasteiger partial charge in [-0.3, -0.25) is 19.2 Å². The molecule has 4 rings (SSSR count). The molecule has 0 fully saturated rings. The highest BCUT2D eigenvalue weighted by molar-refractivity contribution is 6.31. The van der Waals surface area contributed by atoms with Crippen LogP contribution in [0.4, 0.5) is 0 Å². The number of benzene rings is 1. The van der Waals surface area contributed by atoms with Crippen LogP contribution < -0.4 is 5.32 Å². The Balaban J connectivity index is 2.23. The van der Waals surface area contributed by atoms with Crippen molar-refractivity contribution >= 4 is 23.3 Å². The van der Waals surface area contributed by atoms with Gasteiger partial charge in [-0.25, -0.2) is 0 Å². The normalized spacial score (nSPS) is 34.6. The topological polar surface area (TPSA) is 222 Å². The Kier molecular flexibility index (Phi) is 11.9. The molecule has 0 aromatic heterocycles. The first-order chi connectivity index (χ1) is 21.9. The molecule has 1 aromatic carbocycles. The molecule has 1 aliphatic carbocycles. The van der Waals surface area contributed by atoms with Crippen molar-refractivity contribution in [1.29, 1.82) is 0 Å². The number of aromatic hydroxyl groups is 2. The quantitative estimate of drug-likeness (QED) is 0.219. The summed E-state index contributed by atoms with van der Waals surface area (Å²) in [5, 5.41) is 78.6. The van der Waals surface area contributed by atoms with E-state index < -0.39 is 118 Å². The van der Waals surface area contributed by atoms with Gasteiger partial charge in [0.25, 0.3) is 5.91 Å². The van der Waals surface area contributed by atoms with Crippen molar-refractivity contribution in [3.63, 3.8) is 0 Å². The number of ketones is 3. The van der Waals surface area contributed by atoms with Crippen LogP contribution in [-0.2, 0) is 4.79 Å². The Morgan fingerprint density at radius 1 is 0.702 bits per heavy atom. The summed E-state index contributed by atoms with van der Waals surface area (Å²) in [5.74, 6) is -9.29. The number of fused-ring (bicyclic) bond motifs is 15. The fourth-order valence-corrected chi connectivity index (χ4v) is 6.11. The predicted molar refractivity (Wildman–Crippen MR) is 172 cm³/mol. The molecular weight excluding hydrogens is 610 g/mol. The number of carbonyl (C=O) groups is 4. The summed E-state index contributed by atoms with van der Waals surface area (Å²) in [6.07, 6.45) is 1.49. The molecule has 9 atom stereocenters. The van der Waals surface area contributed by atoms with Crippen molar-refractivity contribution in [3.8, 4) is 11.5 Å². The van der Waals surface area contributed by atoms with Crippen molar-refractivity contribution in [2.45, 2.75) is 72.9 Å². The number of Topliss-reactive ketones (excluding diaryl/α,β-unsaturated/α-hetero) is 2. The van der Waals surface area contributed by atoms with Gasteiger partial charge in [0.1, 0.15) is 11.5 Å². The van der Waals surface area contributed by atoms with E-state index in [1.54, 1.807) is 26.8 Å². The highest BCUT2D eigenvalue weighted by atomic mass is 16.3. The van der Waals surface area contributed by atoms with Gasteiger partial charge in [0.05, 0.1) is 53.4 Å². The summed E-state index contributed by atoms with van der Waals surface area (Å²) in [6, 6.07) is 0. The number of aliphatic hydroxyl groups excluding tert-OH is 5. The number of phenolic OH excluding ortho intramolecular Hbond substituents is 2. The van der Waals surface area contributed by atoms with Crippen LogP contribution in [0, 0.1) is 36.5 Å². The van der Waals surface area contributed by atoms with Crippen LogP contribution in [0.2, 0.25) is 0 Å². The number of aliphatic hydroxyl groups is 5. The molecule has 8 N–H and O–H groups in total. The molecule has 4 bridgehead atoms. The molecule has 0 spiro atoms. The maximum absolute atomic E-state index is 13.8. The van der Waals surface area contributed by atoms with Crippen LogP contribution in [0.1, 0.15) is 78.2 Å². The second kappa shape index (κ2) is 14.9. The van der Waals surface area contributed by atoms with Crippen molar-refractivity contribution in [1.82, 2.24) is 5.32 Å². The van der Waals surface area contributed by atoms with Crippen molar-refractivity contribution in [2.24, 2.45) is 29.6 Å². The lowest BCUT2D eigenvalue weighted by Crippen LogP contribution is -2.46. The SMILES string of the molecule is C/C1=C/C=C/[C@H](C)[C@H](O)[C@@H](C)[C@@H](O)[C@@H](C)[C@@H](O)[C@H](C)[C@@H](O)C(CO)/C=C(\C)C(=O)c2c(O)c(C)c(O)c3c2C(=O)C=C(NC1=O)C3=O. The van der Waals surface area contributed by atoms with Gasteiger partial charge >= 0.3 is 0 Å². The summed E-state index contributed by atoms with van der Waals surface area (Å²) in [7, 11) is 0. The summed E-state index contributed by atoms with van der Waals surface area (Å²) in [6.45, 7) is 9.69. The number of rotatable bonds is 1. The van der Waals surface area contributed by atoms with E-state index in [1.807, 2.05) is 0 Å². The third-order valence-electron chi connectivity index (χ3n) is 9.51. The van der Waals surface area contributed by atoms with Gasteiger partial charge in [-0.15, -0.1) is 0 Å². The highest BCUT2D eigenvalue weighted by Crippen LogP contribution is 2.41. The van der Waals surface area contributed by atoms with Gasteiger partial charge < -0.3 is 41.1 Å². The van der Waals surface area contributed by atoms with E-state index >= 15 is 0 Å². The zero-order chi connectivity index (χ0) is 35.7. The van der Waals surface area contributed by atoms with E-state index in [0.717, 1.165) is 6.08 Å². The molecule has 3 aliphatic rings. The lowest BCUT2D eigenvalue weighted by Gasteiger charge is -2.37. The molecular formula is C35H45NO11. The van der Waals surface area contributed by atoms with Gasteiger partial charge in [-0.1, -0.05) is 52.0 Å². The lowest BCUT2D eigenvalue weighted by atomic mass is 9.76. The minimum absolute atomic E-state index is 0.117. The standard InChI is InChI=1S/C35H45NO11/c1-14-9-8-10-15(2)35(47)36-22-12-23(38)24-25(32(44)20(7)33(45)26(24)34(22)46)28(40)16(3)11-21(13-37)31(43)19(6)30(42)18(5)29(41)17(4)27(14)39/h8-12,14,17-19,21,27,29-31,37,39,41-45H,13H2,1-7H3,(H,36,47)/b9-8+,15-10-,16-11+/t14-,17+,18+,19-,21?,27-,29+,30+,31+/m0/s1. The third kappa shape index (κ3) is 7.31. The van der Waals surface area contributed by atoms with Crippen LogP contribution in [0.15, 0.2) is 47.2 Å². The zero-order valence-corrected chi connectivity index (χ0v) is 27.6. The van der Waals surface area contributed by atoms with Gasteiger partial charge in [-0.05, 0) is 26.3 Å². The number of allylic oxidation sites excluding steroid dienone is 5. The monoisotopic (exact) mass is 655 g/mol. The fourth-order valence-electron chi connectivity index (χ4n) is 6.11. The van der Waals surface area contributed by atoms with Crippen molar-refractivity contribution in [3.05, 3.63) is 69.5 Å². The fraction of sp³-hybridized carbons (Fsp3) is 0.486. The summed E-state index contributed by atoms with van der Waals surface area (Å²) in [4.78, 5) is 53.6. The average Bonchev–Trinajstić information content (AvgIpc) is 3.04. The molecule has 12 nitrogen and oxygen atoms in total. The maximum atomic E-state index is 13.8. The van der Waals surface area contributed by atoms with Gasteiger partial charge in [0, 0.05) is 46.8 Å². The van der Waals surface area contributed by atoms with Crippen molar-refractivity contribution < 1.29 is 54.9 Å². The molecule has 1 unspecified atom stereocenters. The Labute approximate surface area is 273 Å². The maximum Gasteiger partial charge on any atom is 0.251 e. The zero-order valence-electron chi connectivity index (χ0n) is 27.6. The minimum atomic E-state index is -1.44. The Hall–Kier alpha value is -3.94. The van der Waals surface area contributed by atoms with E-state index in [1.165, 1.54) is 45.9 Å². The Morgan fingerprint density at radius 2 is 1.21 bits per heavy atom.